The van der Waals surface area contributed by atoms with E-state index in [-0.39, 0.29) is 0 Å². The molecule has 1 aliphatic heterocycles. The summed E-state index contributed by atoms with van der Waals surface area (Å²) in [6, 6.07) is 0. The van der Waals surface area contributed by atoms with Gasteiger partial charge in [-0.15, -0.1) is 0 Å². The van der Waals surface area contributed by atoms with Crippen molar-refractivity contribution in [3.05, 3.63) is 0 Å². The molecule has 2 rings (SSSR count). The van der Waals surface area contributed by atoms with Gasteiger partial charge in [-0.1, -0.05) is 26.2 Å². The van der Waals surface area contributed by atoms with Gasteiger partial charge in [-0.3, -0.25) is 4.99 Å². The lowest BCUT2D eigenvalue weighted by Crippen LogP contribution is -2.39. The lowest BCUT2D eigenvalue weighted by molar-refractivity contribution is 0.105. The van der Waals surface area contributed by atoms with E-state index in [0.717, 1.165) is 43.9 Å². The molecule has 2 aliphatic rings. The summed E-state index contributed by atoms with van der Waals surface area (Å²) in [6.07, 6.45) is 10.9. The van der Waals surface area contributed by atoms with E-state index in [1.54, 1.807) is 0 Å². The maximum atomic E-state index is 5.64. The summed E-state index contributed by atoms with van der Waals surface area (Å²) in [5.41, 5.74) is 0. The van der Waals surface area contributed by atoms with Crippen molar-refractivity contribution in [2.45, 2.75) is 64.4 Å². The lowest BCUT2D eigenvalue weighted by atomic mass is 9.81. The van der Waals surface area contributed by atoms with Gasteiger partial charge in [0.15, 0.2) is 5.96 Å². The van der Waals surface area contributed by atoms with E-state index in [2.05, 4.69) is 22.5 Å². The van der Waals surface area contributed by atoms with Crippen molar-refractivity contribution in [1.82, 2.24) is 10.6 Å². The number of hydrogen-bond donors (Lipinski definition) is 2. The van der Waals surface area contributed by atoms with Gasteiger partial charge in [0.2, 0.25) is 0 Å². The molecule has 1 aliphatic carbocycles. The minimum Gasteiger partial charge on any atom is -0.378 e. The van der Waals surface area contributed by atoms with Gasteiger partial charge in [0, 0.05) is 26.7 Å². The summed E-state index contributed by atoms with van der Waals surface area (Å²) >= 11 is 0. The van der Waals surface area contributed by atoms with E-state index in [1.807, 2.05) is 7.05 Å². The van der Waals surface area contributed by atoms with Crippen LogP contribution in [0.1, 0.15) is 58.3 Å². The average Bonchev–Trinajstić information content (AvgIpc) is 2.99. The van der Waals surface area contributed by atoms with Crippen LogP contribution in [0.2, 0.25) is 0 Å². The van der Waals surface area contributed by atoms with Crippen molar-refractivity contribution >= 4 is 5.96 Å². The van der Waals surface area contributed by atoms with Crippen molar-refractivity contribution < 1.29 is 4.74 Å². The third-order valence-electron chi connectivity index (χ3n) is 4.90. The number of hydrogen-bond acceptors (Lipinski definition) is 2. The summed E-state index contributed by atoms with van der Waals surface area (Å²) in [5, 5.41) is 6.86. The van der Waals surface area contributed by atoms with Crippen molar-refractivity contribution in [1.29, 1.82) is 0 Å². The van der Waals surface area contributed by atoms with Crippen LogP contribution in [0.15, 0.2) is 4.99 Å². The molecule has 2 N–H and O–H groups in total. The predicted molar refractivity (Wildman–Crippen MR) is 88.7 cm³/mol. The van der Waals surface area contributed by atoms with E-state index < -0.39 is 0 Å². The Balaban J connectivity index is 1.54. The molecule has 0 aromatic rings. The first-order chi connectivity index (χ1) is 10.3. The van der Waals surface area contributed by atoms with Gasteiger partial charge >= 0.3 is 0 Å². The highest BCUT2D eigenvalue weighted by atomic mass is 16.5. The van der Waals surface area contributed by atoms with Crippen LogP contribution in [-0.4, -0.2) is 38.8 Å². The molecule has 0 spiro atoms. The molecule has 1 saturated carbocycles. The van der Waals surface area contributed by atoms with Crippen LogP contribution in [0.25, 0.3) is 0 Å². The zero-order chi connectivity index (χ0) is 14.9. The SMILES string of the molecule is CN=C(NCCC1CCCC(C)C1)NCCC1CCCO1. The van der Waals surface area contributed by atoms with Crippen LogP contribution in [-0.2, 0) is 4.74 Å². The summed E-state index contributed by atoms with van der Waals surface area (Å²) in [4.78, 5) is 4.30. The number of ether oxygens (including phenoxy) is 1. The monoisotopic (exact) mass is 295 g/mol. The smallest absolute Gasteiger partial charge is 0.190 e. The summed E-state index contributed by atoms with van der Waals surface area (Å²) in [7, 11) is 1.85. The topological polar surface area (TPSA) is 45.7 Å². The molecule has 0 amide bonds. The fourth-order valence-corrected chi connectivity index (χ4v) is 3.66. The van der Waals surface area contributed by atoms with Crippen molar-refractivity contribution in [3.63, 3.8) is 0 Å². The highest BCUT2D eigenvalue weighted by molar-refractivity contribution is 5.79. The molecule has 0 bridgehead atoms. The summed E-state index contributed by atoms with van der Waals surface area (Å²) in [5.74, 6) is 2.77. The second-order valence-corrected chi connectivity index (χ2v) is 6.78. The van der Waals surface area contributed by atoms with E-state index in [9.17, 15) is 0 Å². The lowest BCUT2D eigenvalue weighted by Gasteiger charge is -2.26. The predicted octanol–water partition coefficient (Wildman–Crippen LogP) is 2.94. The molecule has 1 heterocycles. The Labute approximate surface area is 130 Å². The van der Waals surface area contributed by atoms with E-state index in [1.165, 1.54) is 44.9 Å². The third kappa shape index (κ3) is 6.25. The molecule has 4 nitrogen and oxygen atoms in total. The van der Waals surface area contributed by atoms with E-state index in [4.69, 9.17) is 4.74 Å². The fourth-order valence-electron chi connectivity index (χ4n) is 3.66. The second kappa shape index (κ2) is 9.29. The molecule has 3 unspecified atom stereocenters. The van der Waals surface area contributed by atoms with Gasteiger partial charge < -0.3 is 15.4 Å². The summed E-state index contributed by atoms with van der Waals surface area (Å²) in [6.45, 7) is 5.32. The quantitative estimate of drug-likeness (QED) is 0.585. The number of nitrogens with one attached hydrogen (secondary N) is 2. The van der Waals surface area contributed by atoms with Gasteiger partial charge in [-0.05, 0) is 43.9 Å². The Morgan fingerprint density at radius 3 is 2.57 bits per heavy atom. The molecule has 21 heavy (non-hydrogen) atoms. The minimum atomic E-state index is 0.458. The minimum absolute atomic E-state index is 0.458. The van der Waals surface area contributed by atoms with Gasteiger partial charge in [0.1, 0.15) is 0 Å². The average molecular weight is 295 g/mol. The second-order valence-electron chi connectivity index (χ2n) is 6.78. The first kappa shape index (κ1) is 16.6. The first-order valence-electron chi connectivity index (χ1n) is 8.84. The standard InChI is InChI=1S/C17H33N3O/c1-14-5-3-6-15(13-14)8-10-19-17(18-2)20-11-9-16-7-4-12-21-16/h14-16H,3-13H2,1-2H3,(H2,18,19,20). The number of nitrogens with zero attached hydrogens (tertiary/aromatic N) is 1. The van der Waals surface area contributed by atoms with Crippen molar-refractivity contribution in [2.24, 2.45) is 16.8 Å². The number of guanidine groups is 1. The molecule has 4 heteroatoms. The number of aliphatic imine (C=N–C) groups is 1. The maximum Gasteiger partial charge on any atom is 0.190 e. The highest BCUT2D eigenvalue weighted by Gasteiger charge is 2.18. The Kier molecular flexibility index (Phi) is 7.34. The molecule has 0 aromatic carbocycles. The van der Waals surface area contributed by atoms with Crippen LogP contribution in [0.5, 0.6) is 0 Å². The van der Waals surface area contributed by atoms with Crippen molar-refractivity contribution in [2.75, 3.05) is 26.7 Å². The zero-order valence-corrected chi connectivity index (χ0v) is 13.9. The van der Waals surface area contributed by atoms with E-state index >= 15 is 0 Å². The molecule has 122 valence electrons. The molecule has 0 aromatic heterocycles. The molecule has 3 atom stereocenters. The van der Waals surface area contributed by atoms with Gasteiger partial charge in [-0.25, -0.2) is 0 Å². The molecule has 2 fully saturated rings. The van der Waals surface area contributed by atoms with Crippen LogP contribution >= 0.6 is 0 Å². The summed E-state index contributed by atoms with van der Waals surface area (Å²) < 4.78 is 5.64. The Morgan fingerprint density at radius 1 is 1.10 bits per heavy atom. The Hall–Kier alpha value is -0.770. The van der Waals surface area contributed by atoms with Gasteiger partial charge in [0.25, 0.3) is 0 Å². The fraction of sp³-hybridized carbons (Fsp3) is 0.941. The molecular formula is C17H33N3O. The maximum absolute atomic E-state index is 5.64. The Bertz CT molecular complexity index is 313. The zero-order valence-electron chi connectivity index (χ0n) is 13.9. The normalized spacial score (nSPS) is 30.4. The number of rotatable bonds is 6. The van der Waals surface area contributed by atoms with Crippen molar-refractivity contribution in [3.8, 4) is 0 Å². The first-order valence-corrected chi connectivity index (χ1v) is 8.84. The largest absolute Gasteiger partial charge is 0.378 e. The van der Waals surface area contributed by atoms with Crippen LogP contribution in [0.3, 0.4) is 0 Å². The molecule has 1 saturated heterocycles. The van der Waals surface area contributed by atoms with Crippen LogP contribution in [0, 0.1) is 11.8 Å². The highest BCUT2D eigenvalue weighted by Crippen LogP contribution is 2.30. The van der Waals surface area contributed by atoms with Gasteiger partial charge in [-0.2, -0.15) is 0 Å². The molecule has 0 radical (unpaired) electrons. The van der Waals surface area contributed by atoms with Crippen LogP contribution < -0.4 is 10.6 Å². The van der Waals surface area contributed by atoms with Gasteiger partial charge in [0.05, 0.1) is 6.10 Å². The van der Waals surface area contributed by atoms with E-state index in [0.29, 0.717) is 6.10 Å². The molecular weight excluding hydrogens is 262 g/mol. The Morgan fingerprint density at radius 2 is 1.90 bits per heavy atom. The third-order valence-corrected chi connectivity index (χ3v) is 4.90. The van der Waals surface area contributed by atoms with Crippen LogP contribution in [0.4, 0.5) is 0 Å².